The Labute approximate surface area is 160 Å². The Balaban J connectivity index is 1.50. The van der Waals surface area contributed by atoms with E-state index in [1.165, 1.54) is 0 Å². The highest BCUT2D eigenvalue weighted by Crippen LogP contribution is 2.26. The van der Waals surface area contributed by atoms with Crippen LogP contribution in [0.25, 0.3) is 22.1 Å². The van der Waals surface area contributed by atoms with Gasteiger partial charge in [-0.2, -0.15) is 5.10 Å². The zero-order valence-corrected chi connectivity index (χ0v) is 15.5. The number of piperidine rings is 1. The number of fused-ring (bicyclic) bond motifs is 2. The highest BCUT2D eigenvalue weighted by atomic mass is 16.2. The maximum atomic E-state index is 13.1. The van der Waals surface area contributed by atoms with Crippen LogP contribution in [0.3, 0.4) is 0 Å². The number of rotatable bonds is 2. The van der Waals surface area contributed by atoms with Gasteiger partial charge in [-0.15, -0.1) is 0 Å². The summed E-state index contributed by atoms with van der Waals surface area (Å²) in [4.78, 5) is 32.2. The molecule has 8 heteroatoms. The Kier molecular flexibility index (Phi) is 3.78. The first-order valence-electron chi connectivity index (χ1n) is 9.39. The third-order valence-electron chi connectivity index (χ3n) is 5.57. The minimum Gasteiger partial charge on any atom is -0.335 e. The van der Waals surface area contributed by atoms with Gasteiger partial charge in [0.1, 0.15) is 0 Å². The van der Waals surface area contributed by atoms with Gasteiger partial charge in [-0.05, 0) is 31.0 Å². The summed E-state index contributed by atoms with van der Waals surface area (Å²) in [5, 5.41) is 7.98. The van der Waals surface area contributed by atoms with Gasteiger partial charge in [0.15, 0.2) is 11.3 Å². The second-order valence-corrected chi connectivity index (χ2v) is 7.22. The minimum atomic E-state index is -0.108. The summed E-state index contributed by atoms with van der Waals surface area (Å²) in [6.45, 7) is 1.12. The van der Waals surface area contributed by atoms with Crippen LogP contribution in [0.1, 0.15) is 29.4 Å². The summed E-state index contributed by atoms with van der Waals surface area (Å²) in [6.07, 6.45) is 3.36. The Bertz CT molecular complexity index is 1250. The first kappa shape index (κ1) is 16.7. The summed E-state index contributed by atoms with van der Waals surface area (Å²) in [6, 6.07) is 11.2. The number of aryl methyl sites for hydroxylation is 1. The lowest BCUT2D eigenvalue weighted by Crippen LogP contribution is -2.43. The monoisotopic (exact) mass is 376 g/mol. The molecule has 0 radical (unpaired) electrons. The predicted molar refractivity (Wildman–Crippen MR) is 105 cm³/mol. The van der Waals surface area contributed by atoms with Crippen LogP contribution in [0.5, 0.6) is 0 Å². The predicted octanol–water partition coefficient (Wildman–Crippen LogP) is 2.09. The third kappa shape index (κ3) is 2.45. The summed E-state index contributed by atoms with van der Waals surface area (Å²) in [5.74, 6) is -0.108. The van der Waals surface area contributed by atoms with E-state index < -0.39 is 0 Å². The van der Waals surface area contributed by atoms with Crippen molar-refractivity contribution in [2.75, 3.05) is 13.1 Å². The van der Waals surface area contributed by atoms with Crippen molar-refractivity contribution in [1.29, 1.82) is 0 Å². The number of aromatic amines is 1. The van der Waals surface area contributed by atoms with Crippen molar-refractivity contribution in [2.45, 2.75) is 18.9 Å². The van der Waals surface area contributed by atoms with Gasteiger partial charge in [-0.1, -0.05) is 18.2 Å². The molecule has 0 aliphatic carbocycles. The summed E-state index contributed by atoms with van der Waals surface area (Å²) < 4.78 is 3.35. The molecule has 8 nitrogen and oxygen atoms in total. The molecule has 0 unspecified atom stereocenters. The molecule has 1 atom stereocenters. The van der Waals surface area contributed by atoms with Gasteiger partial charge in [0.2, 0.25) is 0 Å². The number of nitrogens with one attached hydrogen (secondary N) is 1. The second-order valence-electron chi connectivity index (χ2n) is 7.22. The van der Waals surface area contributed by atoms with E-state index in [9.17, 15) is 9.59 Å². The molecule has 5 rings (SSSR count). The Morgan fingerprint density at radius 3 is 2.96 bits per heavy atom. The fourth-order valence-electron chi connectivity index (χ4n) is 4.15. The number of aromatic nitrogens is 5. The second kappa shape index (κ2) is 6.33. The smallest absolute Gasteiger partial charge is 0.330 e. The number of hydrogen-bond donors (Lipinski definition) is 1. The molecule has 28 heavy (non-hydrogen) atoms. The molecule has 3 aromatic heterocycles. The number of hydrogen-bond acceptors (Lipinski definition) is 4. The minimum absolute atomic E-state index is 0.0989. The van der Waals surface area contributed by atoms with Gasteiger partial charge in [0.05, 0.1) is 17.1 Å². The summed E-state index contributed by atoms with van der Waals surface area (Å²) in [7, 11) is 1.75. The number of pyridine rings is 1. The largest absolute Gasteiger partial charge is 0.335 e. The molecule has 1 fully saturated rings. The molecule has 0 saturated carbocycles. The van der Waals surface area contributed by atoms with Crippen molar-refractivity contribution >= 4 is 28.0 Å². The number of para-hydroxylation sites is 1. The molecule has 142 valence electrons. The number of carbonyl (C=O) groups is 1. The van der Waals surface area contributed by atoms with Gasteiger partial charge >= 0.3 is 5.69 Å². The molecule has 1 amide bonds. The first-order valence-corrected chi connectivity index (χ1v) is 9.39. The number of carbonyl (C=O) groups excluding carboxylic acids is 1. The van der Waals surface area contributed by atoms with Crippen molar-refractivity contribution in [3.63, 3.8) is 0 Å². The Morgan fingerprint density at radius 1 is 1.21 bits per heavy atom. The van der Waals surface area contributed by atoms with E-state index in [2.05, 4.69) is 15.2 Å². The molecular formula is C20H20N6O2. The average Bonchev–Trinajstić information content (AvgIpc) is 3.27. The van der Waals surface area contributed by atoms with E-state index in [4.69, 9.17) is 0 Å². The van der Waals surface area contributed by atoms with Gasteiger partial charge < -0.3 is 4.90 Å². The number of imidazole rings is 1. The highest BCUT2D eigenvalue weighted by molar-refractivity contribution is 6.04. The topological polar surface area (TPSA) is 88.8 Å². The molecule has 0 bridgehead atoms. The van der Waals surface area contributed by atoms with Crippen LogP contribution in [0.2, 0.25) is 0 Å². The van der Waals surface area contributed by atoms with E-state index in [1.54, 1.807) is 27.3 Å². The van der Waals surface area contributed by atoms with Crippen molar-refractivity contribution in [3.8, 4) is 0 Å². The van der Waals surface area contributed by atoms with E-state index in [-0.39, 0.29) is 17.6 Å². The van der Waals surface area contributed by atoms with Crippen LogP contribution >= 0.6 is 0 Å². The SMILES string of the molecule is Cn1c(=O)n([C@H]2CCCN(C(=O)c3n[nH]c4ccccc34)C2)c2ncccc21. The molecule has 1 aromatic carbocycles. The molecule has 1 aliphatic heterocycles. The number of H-pyrrole nitrogens is 1. The van der Waals surface area contributed by atoms with Crippen molar-refractivity contribution < 1.29 is 4.79 Å². The summed E-state index contributed by atoms with van der Waals surface area (Å²) >= 11 is 0. The zero-order valence-electron chi connectivity index (χ0n) is 15.5. The Hall–Kier alpha value is -3.42. The van der Waals surface area contributed by atoms with Gasteiger partial charge in [-0.25, -0.2) is 9.78 Å². The lowest BCUT2D eigenvalue weighted by molar-refractivity contribution is 0.0675. The Morgan fingerprint density at radius 2 is 2.07 bits per heavy atom. The fraction of sp³-hybridized carbons (Fsp3) is 0.300. The third-order valence-corrected chi connectivity index (χ3v) is 5.57. The first-order chi connectivity index (χ1) is 13.6. The molecule has 1 aliphatic rings. The lowest BCUT2D eigenvalue weighted by Gasteiger charge is -2.32. The summed E-state index contributed by atoms with van der Waals surface area (Å²) in [5.41, 5.74) is 2.64. The number of amides is 1. The molecule has 0 spiro atoms. The molecule has 4 heterocycles. The van der Waals surface area contributed by atoms with Crippen LogP contribution in [-0.2, 0) is 7.05 Å². The lowest BCUT2D eigenvalue weighted by atomic mass is 10.0. The van der Waals surface area contributed by atoms with E-state index >= 15 is 0 Å². The zero-order chi connectivity index (χ0) is 19.3. The van der Waals surface area contributed by atoms with E-state index in [1.807, 2.05) is 36.4 Å². The van der Waals surface area contributed by atoms with Crippen LogP contribution in [0.4, 0.5) is 0 Å². The van der Waals surface area contributed by atoms with Gasteiger partial charge in [-0.3, -0.25) is 19.0 Å². The van der Waals surface area contributed by atoms with Crippen molar-refractivity contribution in [1.82, 2.24) is 29.2 Å². The molecular weight excluding hydrogens is 356 g/mol. The normalized spacial score (nSPS) is 17.5. The number of nitrogens with zero attached hydrogens (tertiary/aromatic N) is 5. The van der Waals surface area contributed by atoms with Crippen LogP contribution in [-0.4, -0.2) is 48.2 Å². The molecule has 1 saturated heterocycles. The van der Waals surface area contributed by atoms with Crippen LogP contribution in [0, 0.1) is 0 Å². The van der Waals surface area contributed by atoms with Gasteiger partial charge in [0.25, 0.3) is 5.91 Å². The van der Waals surface area contributed by atoms with E-state index in [0.29, 0.717) is 24.4 Å². The van der Waals surface area contributed by atoms with Crippen molar-refractivity contribution in [2.24, 2.45) is 7.05 Å². The number of likely N-dealkylation sites (tertiary alicyclic amines) is 1. The average molecular weight is 376 g/mol. The number of benzene rings is 1. The van der Waals surface area contributed by atoms with E-state index in [0.717, 1.165) is 29.3 Å². The molecule has 1 N–H and O–H groups in total. The van der Waals surface area contributed by atoms with Crippen LogP contribution < -0.4 is 5.69 Å². The maximum absolute atomic E-state index is 13.1. The van der Waals surface area contributed by atoms with Gasteiger partial charge in [0, 0.05) is 31.7 Å². The highest BCUT2D eigenvalue weighted by Gasteiger charge is 2.30. The van der Waals surface area contributed by atoms with Crippen molar-refractivity contribution in [3.05, 3.63) is 58.8 Å². The molecule has 4 aromatic rings. The fourth-order valence-corrected chi connectivity index (χ4v) is 4.15. The maximum Gasteiger partial charge on any atom is 0.330 e. The quantitative estimate of drug-likeness (QED) is 0.580. The van der Waals surface area contributed by atoms with Crippen LogP contribution in [0.15, 0.2) is 47.4 Å². The standard InChI is InChI=1S/C20H20N6O2/c1-24-16-9-4-10-21-18(16)26(20(24)28)13-6-5-11-25(12-13)19(27)17-14-7-2-3-8-15(14)22-23-17/h2-4,7-10,13H,5-6,11-12H2,1H3,(H,22,23)/t13-/m0/s1.